The van der Waals surface area contributed by atoms with Crippen molar-refractivity contribution < 1.29 is 14.6 Å². The fourth-order valence-corrected chi connectivity index (χ4v) is 3.65. The van der Waals surface area contributed by atoms with E-state index in [0.29, 0.717) is 30.3 Å². The van der Waals surface area contributed by atoms with Crippen molar-refractivity contribution in [1.82, 2.24) is 9.97 Å². The molecule has 0 bridgehead atoms. The normalized spacial score (nSPS) is 29.4. The number of hydrogen-bond acceptors (Lipinski definition) is 7. The summed E-state index contributed by atoms with van der Waals surface area (Å²) in [6.45, 7) is 0. The monoisotopic (exact) mass is 349 g/mol. The molecule has 0 radical (unpaired) electrons. The van der Waals surface area contributed by atoms with E-state index < -0.39 is 5.91 Å². The number of aromatic nitrogens is 2. The lowest BCUT2D eigenvalue weighted by molar-refractivity contribution is 0.0681. The van der Waals surface area contributed by atoms with Crippen LogP contribution in [0.4, 0.5) is 11.8 Å². The van der Waals surface area contributed by atoms with Gasteiger partial charge in [0.2, 0.25) is 5.95 Å². The van der Waals surface area contributed by atoms with Crippen molar-refractivity contribution in [2.45, 2.75) is 69.2 Å². The first-order chi connectivity index (χ1) is 12.0. The molecule has 1 heterocycles. The number of aliphatic hydroxyl groups is 1. The maximum Gasteiger partial charge on any atom is 0.254 e. The minimum atomic E-state index is -0.562. The molecule has 2 fully saturated rings. The number of carbonyl (C=O) groups is 1. The second-order valence-corrected chi connectivity index (χ2v) is 6.98. The molecule has 138 valence electrons. The van der Waals surface area contributed by atoms with Crippen molar-refractivity contribution in [3.8, 4) is 0 Å². The first-order valence-electron chi connectivity index (χ1n) is 8.96. The summed E-state index contributed by atoms with van der Waals surface area (Å²) >= 11 is 0. The lowest BCUT2D eigenvalue weighted by Crippen LogP contribution is -2.30. The Morgan fingerprint density at radius 2 is 1.92 bits per heavy atom. The summed E-state index contributed by atoms with van der Waals surface area (Å²) in [5.41, 5.74) is 5.71. The van der Waals surface area contributed by atoms with E-state index in [0.717, 1.165) is 38.5 Å². The topological polar surface area (TPSA) is 122 Å². The quantitative estimate of drug-likeness (QED) is 0.610. The van der Waals surface area contributed by atoms with Crippen molar-refractivity contribution in [3.05, 3.63) is 11.8 Å². The predicted octanol–water partition coefficient (Wildman–Crippen LogP) is 1.27. The maximum absolute atomic E-state index is 11.6. The number of primary amides is 1. The molecule has 2 saturated carbocycles. The van der Waals surface area contributed by atoms with Crippen molar-refractivity contribution in [2.24, 2.45) is 5.73 Å². The van der Waals surface area contributed by atoms with E-state index >= 15 is 0 Å². The van der Waals surface area contributed by atoms with Gasteiger partial charge < -0.3 is 26.2 Å². The Bertz CT molecular complexity index is 604. The minimum absolute atomic E-state index is 0.0907. The molecule has 2 atom stereocenters. The van der Waals surface area contributed by atoms with Crippen LogP contribution in [0.15, 0.2) is 6.20 Å². The van der Waals surface area contributed by atoms with Gasteiger partial charge in [-0.2, -0.15) is 4.98 Å². The molecule has 1 aromatic rings. The number of hydrogen-bond donors (Lipinski definition) is 4. The number of ether oxygens (including phenoxy) is 1. The molecule has 2 aliphatic rings. The molecule has 3 rings (SSSR count). The third-order valence-corrected chi connectivity index (χ3v) is 5.14. The number of nitrogens with zero attached hydrogens (tertiary/aromatic N) is 2. The van der Waals surface area contributed by atoms with Crippen LogP contribution in [0.3, 0.4) is 0 Å². The summed E-state index contributed by atoms with van der Waals surface area (Å²) in [4.78, 5) is 20.4. The molecule has 2 aliphatic carbocycles. The number of anilines is 2. The molecule has 1 unspecified atom stereocenters. The summed E-state index contributed by atoms with van der Waals surface area (Å²) in [5.74, 6) is 0.370. The summed E-state index contributed by atoms with van der Waals surface area (Å²) in [6.07, 6.45) is 7.76. The van der Waals surface area contributed by atoms with Crippen molar-refractivity contribution in [3.63, 3.8) is 0 Å². The zero-order valence-electron chi connectivity index (χ0n) is 14.6. The van der Waals surface area contributed by atoms with Crippen LogP contribution in [-0.4, -0.2) is 52.4 Å². The molecule has 1 aromatic heterocycles. The average Bonchev–Trinajstić information content (AvgIpc) is 3.00. The van der Waals surface area contributed by atoms with E-state index in [1.54, 1.807) is 7.11 Å². The largest absolute Gasteiger partial charge is 0.393 e. The van der Waals surface area contributed by atoms with Crippen LogP contribution in [0.1, 0.15) is 55.3 Å². The highest BCUT2D eigenvalue weighted by atomic mass is 16.5. The fourth-order valence-electron chi connectivity index (χ4n) is 3.65. The number of carbonyl (C=O) groups excluding carboxylic acids is 1. The van der Waals surface area contributed by atoms with Crippen molar-refractivity contribution in [2.75, 3.05) is 17.7 Å². The van der Waals surface area contributed by atoms with Crippen LogP contribution < -0.4 is 16.4 Å². The Morgan fingerprint density at radius 1 is 1.20 bits per heavy atom. The number of methoxy groups -OCH3 is 1. The van der Waals surface area contributed by atoms with Gasteiger partial charge in [0.1, 0.15) is 5.82 Å². The fraction of sp³-hybridized carbons (Fsp3) is 0.706. The van der Waals surface area contributed by atoms with Crippen LogP contribution in [0, 0.1) is 0 Å². The van der Waals surface area contributed by atoms with Gasteiger partial charge >= 0.3 is 0 Å². The lowest BCUT2D eigenvalue weighted by Gasteiger charge is -2.28. The summed E-state index contributed by atoms with van der Waals surface area (Å²) in [5, 5.41) is 16.3. The molecule has 25 heavy (non-hydrogen) atoms. The van der Waals surface area contributed by atoms with Gasteiger partial charge in [0.25, 0.3) is 5.91 Å². The number of amides is 1. The van der Waals surface area contributed by atoms with Crippen LogP contribution in [-0.2, 0) is 4.74 Å². The Morgan fingerprint density at radius 3 is 2.52 bits per heavy atom. The van der Waals surface area contributed by atoms with Crippen LogP contribution in [0.2, 0.25) is 0 Å². The molecule has 8 nitrogen and oxygen atoms in total. The number of nitrogens with one attached hydrogen (secondary N) is 2. The predicted molar refractivity (Wildman–Crippen MR) is 94.5 cm³/mol. The first-order valence-corrected chi connectivity index (χ1v) is 8.96. The second kappa shape index (κ2) is 7.97. The zero-order chi connectivity index (χ0) is 17.8. The van der Waals surface area contributed by atoms with E-state index in [1.165, 1.54) is 6.20 Å². The molecule has 0 saturated heterocycles. The van der Waals surface area contributed by atoms with Gasteiger partial charge in [0.15, 0.2) is 0 Å². The van der Waals surface area contributed by atoms with Crippen LogP contribution in [0.25, 0.3) is 0 Å². The van der Waals surface area contributed by atoms with Gasteiger partial charge in [-0.3, -0.25) is 4.79 Å². The third kappa shape index (κ3) is 4.58. The average molecular weight is 349 g/mol. The Balaban J connectivity index is 1.68. The number of nitrogens with two attached hydrogens (primary N) is 1. The van der Waals surface area contributed by atoms with Gasteiger partial charge in [0.05, 0.1) is 17.8 Å². The lowest BCUT2D eigenvalue weighted by atomic mass is 9.93. The van der Waals surface area contributed by atoms with E-state index in [2.05, 4.69) is 20.6 Å². The van der Waals surface area contributed by atoms with E-state index in [4.69, 9.17) is 10.5 Å². The maximum atomic E-state index is 11.6. The smallest absolute Gasteiger partial charge is 0.254 e. The van der Waals surface area contributed by atoms with E-state index in [9.17, 15) is 9.90 Å². The van der Waals surface area contributed by atoms with Gasteiger partial charge in [-0.25, -0.2) is 4.98 Å². The third-order valence-electron chi connectivity index (χ3n) is 5.14. The number of rotatable bonds is 6. The molecule has 0 aromatic carbocycles. The first kappa shape index (κ1) is 17.9. The van der Waals surface area contributed by atoms with Crippen molar-refractivity contribution in [1.29, 1.82) is 0 Å². The summed E-state index contributed by atoms with van der Waals surface area (Å²) in [6, 6.07) is 0.389. The molecule has 0 spiro atoms. The van der Waals surface area contributed by atoms with Gasteiger partial charge in [-0.05, 0) is 44.9 Å². The van der Waals surface area contributed by atoms with Crippen LogP contribution in [0.5, 0.6) is 0 Å². The Labute approximate surface area is 147 Å². The summed E-state index contributed by atoms with van der Waals surface area (Å²) < 4.78 is 5.39. The van der Waals surface area contributed by atoms with Gasteiger partial charge in [-0.15, -0.1) is 0 Å². The standard InChI is InChI=1S/C17H27N5O3/c1-25-13-6-3-10(4-7-13)21-17-19-9-14(15(18)24)16(22-17)20-11-2-5-12(23)8-11/h9-13,23H,2-8H2,1H3,(H2,18,24)(H2,19,20,21,22)/t10-,11-,12?,13-/m0/s1. The Hall–Kier alpha value is -1.93. The van der Waals surface area contributed by atoms with E-state index in [1.807, 2.05) is 0 Å². The molecule has 5 N–H and O–H groups in total. The van der Waals surface area contributed by atoms with Gasteiger partial charge in [-0.1, -0.05) is 0 Å². The van der Waals surface area contributed by atoms with Gasteiger partial charge in [0, 0.05) is 25.4 Å². The molecular formula is C17H27N5O3. The molecule has 1 amide bonds. The molecule has 8 heteroatoms. The SMILES string of the molecule is CO[C@H]1CC[C@H](Nc2ncc(C(N)=O)c(N[C@H]3CCC(O)C3)n2)CC1. The van der Waals surface area contributed by atoms with E-state index in [-0.39, 0.29) is 17.7 Å². The summed E-state index contributed by atoms with van der Waals surface area (Å²) in [7, 11) is 1.75. The Kier molecular flexibility index (Phi) is 5.70. The number of aliphatic hydroxyl groups excluding tert-OH is 1. The highest BCUT2D eigenvalue weighted by Gasteiger charge is 2.25. The zero-order valence-corrected chi connectivity index (χ0v) is 14.6. The van der Waals surface area contributed by atoms with Crippen LogP contribution >= 0.6 is 0 Å². The van der Waals surface area contributed by atoms with Crippen molar-refractivity contribution >= 4 is 17.7 Å². The highest BCUT2D eigenvalue weighted by molar-refractivity contribution is 5.97. The molecule has 0 aliphatic heterocycles. The minimum Gasteiger partial charge on any atom is -0.393 e. The molecular weight excluding hydrogens is 322 g/mol. The highest BCUT2D eigenvalue weighted by Crippen LogP contribution is 2.26. The second-order valence-electron chi connectivity index (χ2n) is 6.98.